The number of hydrogen-bond acceptors (Lipinski definition) is 2. The molecule has 1 amide bonds. The summed E-state index contributed by atoms with van der Waals surface area (Å²) in [4.78, 5) is 12.3. The second-order valence-electron chi connectivity index (χ2n) is 4.82. The zero-order valence-corrected chi connectivity index (χ0v) is 12.2. The quantitative estimate of drug-likeness (QED) is 0.900. The number of rotatable bonds is 2. The lowest BCUT2D eigenvalue weighted by molar-refractivity contribution is 0.0931. The molecule has 1 N–H and O–H groups in total. The van der Waals surface area contributed by atoms with Gasteiger partial charge in [-0.1, -0.05) is 6.07 Å². The van der Waals surface area contributed by atoms with Crippen LogP contribution in [-0.4, -0.2) is 5.91 Å². The second kappa shape index (κ2) is 5.40. The second-order valence-corrected chi connectivity index (χ2v) is 5.61. The molecule has 0 radical (unpaired) electrons. The van der Waals surface area contributed by atoms with Crippen LogP contribution in [0.3, 0.4) is 0 Å². The maximum atomic E-state index is 13.5. The molecule has 1 heterocycles. The van der Waals surface area contributed by atoms with Crippen LogP contribution in [0.1, 0.15) is 40.6 Å². The van der Waals surface area contributed by atoms with Crippen LogP contribution in [0.2, 0.25) is 0 Å². The van der Waals surface area contributed by atoms with Crippen molar-refractivity contribution in [3.8, 4) is 0 Å². The number of benzene rings is 1. The summed E-state index contributed by atoms with van der Waals surface area (Å²) >= 11 is 3.12. The fourth-order valence-corrected chi connectivity index (χ4v) is 3.00. The fraction of sp³-hybridized carbons (Fsp3) is 0.267. The monoisotopic (exact) mass is 337 g/mol. The summed E-state index contributed by atoms with van der Waals surface area (Å²) in [6.45, 7) is 0. The average Bonchev–Trinajstić information content (AvgIpc) is 2.91. The summed E-state index contributed by atoms with van der Waals surface area (Å²) in [6.07, 6.45) is 4.38. The first-order valence-electron chi connectivity index (χ1n) is 6.48. The average molecular weight is 338 g/mol. The van der Waals surface area contributed by atoms with Gasteiger partial charge < -0.3 is 9.73 Å². The van der Waals surface area contributed by atoms with E-state index in [0.717, 1.165) is 30.6 Å². The number of carbonyl (C=O) groups excluding carboxylic acids is 1. The van der Waals surface area contributed by atoms with Gasteiger partial charge in [0.1, 0.15) is 11.6 Å². The van der Waals surface area contributed by atoms with Crippen LogP contribution >= 0.6 is 15.9 Å². The van der Waals surface area contributed by atoms with E-state index in [0.29, 0.717) is 5.56 Å². The minimum absolute atomic E-state index is 0.0693. The molecule has 0 saturated carbocycles. The van der Waals surface area contributed by atoms with Crippen molar-refractivity contribution < 1.29 is 13.6 Å². The first-order chi connectivity index (χ1) is 9.66. The van der Waals surface area contributed by atoms with Gasteiger partial charge >= 0.3 is 0 Å². The third-order valence-corrected chi connectivity index (χ3v) is 4.36. The Morgan fingerprint density at radius 3 is 3.10 bits per heavy atom. The van der Waals surface area contributed by atoms with E-state index in [9.17, 15) is 9.18 Å². The van der Waals surface area contributed by atoms with Gasteiger partial charge in [0.05, 0.1) is 22.3 Å². The normalized spacial score (nSPS) is 17.6. The van der Waals surface area contributed by atoms with Crippen LogP contribution in [0.15, 0.2) is 39.4 Å². The molecular weight excluding hydrogens is 325 g/mol. The summed E-state index contributed by atoms with van der Waals surface area (Å²) in [5, 5.41) is 2.95. The molecule has 3 nitrogen and oxygen atoms in total. The van der Waals surface area contributed by atoms with Gasteiger partial charge in [0.2, 0.25) is 0 Å². The van der Waals surface area contributed by atoms with Crippen molar-refractivity contribution in [1.82, 2.24) is 5.32 Å². The Bertz CT molecular complexity index is 653. The minimum Gasteiger partial charge on any atom is -0.469 e. The minimum atomic E-state index is -0.440. The first-order valence-corrected chi connectivity index (χ1v) is 7.27. The molecule has 3 rings (SSSR count). The predicted octanol–water partition coefficient (Wildman–Crippen LogP) is 3.99. The summed E-state index contributed by atoms with van der Waals surface area (Å²) in [5.74, 6) is 0.209. The van der Waals surface area contributed by atoms with Gasteiger partial charge in [0.15, 0.2) is 0 Å². The number of aryl methyl sites for hydroxylation is 1. The zero-order chi connectivity index (χ0) is 14.1. The van der Waals surface area contributed by atoms with Crippen LogP contribution in [-0.2, 0) is 6.42 Å². The van der Waals surface area contributed by atoms with Gasteiger partial charge in [-0.25, -0.2) is 4.39 Å². The van der Waals surface area contributed by atoms with E-state index in [1.807, 2.05) is 6.07 Å². The van der Waals surface area contributed by atoms with Gasteiger partial charge in [0.25, 0.3) is 5.91 Å². The molecule has 0 spiro atoms. The Morgan fingerprint density at radius 2 is 2.25 bits per heavy atom. The fourth-order valence-electron chi connectivity index (χ4n) is 2.55. The molecule has 1 aromatic carbocycles. The Balaban J connectivity index is 1.83. The highest BCUT2D eigenvalue weighted by Crippen LogP contribution is 2.31. The zero-order valence-electron chi connectivity index (χ0n) is 10.7. The van der Waals surface area contributed by atoms with Crippen molar-refractivity contribution in [3.05, 3.63) is 57.7 Å². The van der Waals surface area contributed by atoms with Gasteiger partial charge in [-0.15, -0.1) is 0 Å². The number of carbonyl (C=O) groups is 1. The van der Waals surface area contributed by atoms with E-state index in [-0.39, 0.29) is 16.4 Å². The third-order valence-electron chi connectivity index (χ3n) is 3.55. The van der Waals surface area contributed by atoms with Gasteiger partial charge in [-0.05, 0) is 47.0 Å². The highest BCUT2D eigenvalue weighted by Gasteiger charge is 2.25. The standard InChI is InChI=1S/C15H13BrFNO2/c16-14-10(3-1-4-11(14)17)15(19)18-12-5-2-6-13-9(12)7-8-20-13/h1,3-4,7-8,12H,2,5-6H2,(H,18,19). The van der Waals surface area contributed by atoms with Crippen LogP contribution in [0.4, 0.5) is 4.39 Å². The van der Waals surface area contributed by atoms with Crippen molar-refractivity contribution in [2.24, 2.45) is 0 Å². The smallest absolute Gasteiger partial charge is 0.253 e. The number of hydrogen-bond donors (Lipinski definition) is 1. The molecule has 20 heavy (non-hydrogen) atoms. The molecule has 0 aliphatic heterocycles. The molecule has 5 heteroatoms. The van der Waals surface area contributed by atoms with E-state index < -0.39 is 5.82 Å². The molecule has 1 atom stereocenters. The lowest BCUT2D eigenvalue weighted by Crippen LogP contribution is -2.30. The number of halogens is 2. The summed E-state index contributed by atoms with van der Waals surface area (Å²) in [7, 11) is 0. The van der Waals surface area contributed by atoms with Crippen LogP contribution in [0, 0.1) is 5.82 Å². The Labute approximate surface area is 124 Å². The lowest BCUT2D eigenvalue weighted by atomic mass is 9.93. The Morgan fingerprint density at radius 1 is 1.40 bits per heavy atom. The largest absolute Gasteiger partial charge is 0.469 e. The highest BCUT2D eigenvalue weighted by molar-refractivity contribution is 9.10. The maximum Gasteiger partial charge on any atom is 0.253 e. The maximum absolute atomic E-state index is 13.5. The highest BCUT2D eigenvalue weighted by atomic mass is 79.9. The van der Waals surface area contributed by atoms with Crippen molar-refractivity contribution >= 4 is 21.8 Å². The van der Waals surface area contributed by atoms with Crippen LogP contribution < -0.4 is 5.32 Å². The molecule has 1 aliphatic rings. The van der Waals surface area contributed by atoms with E-state index in [1.54, 1.807) is 12.3 Å². The molecular formula is C15H13BrFNO2. The summed E-state index contributed by atoms with van der Waals surface area (Å²) < 4.78 is 19.1. The van der Waals surface area contributed by atoms with Crippen molar-refractivity contribution in [2.45, 2.75) is 25.3 Å². The number of nitrogens with one attached hydrogen (secondary N) is 1. The van der Waals surface area contributed by atoms with Crippen LogP contribution in [0.25, 0.3) is 0 Å². The van der Waals surface area contributed by atoms with E-state index >= 15 is 0 Å². The molecule has 0 saturated heterocycles. The number of fused-ring (bicyclic) bond motifs is 1. The summed E-state index contributed by atoms with van der Waals surface area (Å²) in [5.41, 5.74) is 1.33. The molecule has 0 fully saturated rings. The third kappa shape index (κ3) is 2.38. The Hall–Kier alpha value is -1.62. The molecule has 1 unspecified atom stereocenters. The lowest BCUT2D eigenvalue weighted by Gasteiger charge is -2.23. The SMILES string of the molecule is O=C(NC1CCCc2occc21)c1cccc(F)c1Br. The van der Waals surface area contributed by atoms with Crippen molar-refractivity contribution in [3.63, 3.8) is 0 Å². The Kier molecular flexibility index (Phi) is 3.61. The number of amides is 1. The van der Waals surface area contributed by atoms with Crippen LogP contribution in [0.5, 0.6) is 0 Å². The first kappa shape index (κ1) is 13.4. The van der Waals surface area contributed by atoms with Crippen molar-refractivity contribution in [2.75, 3.05) is 0 Å². The van der Waals surface area contributed by atoms with E-state index in [1.165, 1.54) is 12.1 Å². The molecule has 104 valence electrons. The van der Waals surface area contributed by atoms with E-state index in [4.69, 9.17) is 4.42 Å². The topological polar surface area (TPSA) is 42.2 Å². The van der Waals surface area contributed by atoms with Gasteiger partial charge in [0, 0.05) is 12.0 Å². The van der Waals surface area contributed by atoms with Gasteiger partial charge in [-0.3, -0.25) is 4.79 Å². The van der Waals surface area contributed by atoms with Gasteiger partial charge in [-0.2, -0.15) is 0 Å². The number of furan rings is 1. The summed E-state index contributed by atoms with van der Waals surface area (Å²) in [6, 6.07) is 6.26. The molecule has 0 bridgehead atoms. The molecule has 1 aliphatic carbocycles. The molecule has 2 aromatic rings. The van der Waals surface area contributed by atoms with E-state index in [2.05, 4.69) is 21.2 Å². The predicted molar refractivity (Wildman–Crippen MR) is 76.0 cm³/mol. The van der Waals surface area contributed by atoms with Crippen molar-refractivity contribution in [1.29, 1.82) is 0 Å². The molecule has 1 aromatic heterocycles.